The quantitative estimate of drug-likeness (QED) is 0.851. The lowest BCUT2D eigenvalue weighted by atomic mass is 9.95. The van der Waals surface area contributed by atoms with Crippen LogP contribution in [0.25, 0.3) is 10.9 Å². The second kappa shape index (κ2) is 5.60. The lowest BCUT2D eigenvalue weighted by Gasteiger charge is -2.18. The zero-order valence-corrected chi connectivity index (χ0v) is 12.7. The fourth-order valence-electron chi connectivity index (χ4n) is 1.89. The summed E-state index contributed by atoms with van der Waals surface area (Å²) in [6.07, 6.45) is 0. The van der Waals surface area contributed by atoms with Gasteiger partial charge in [0.2, 0.25) is 5.91 Å². The van der Waals surface area contributed by atoms with Gasteiger partial charge < -0.3 is 15.0 Å². The number of fused-ring (bicyclic) bond motifs is 1. The number of aromatic amines is 1. The molecule has 5 nitrogen and oxygen atoms in total. The summed E-state index contributed by atoms with van der Waals surface area (Å²) >= 11 is 0. The first-order chi connectivity index (χ1) is 9.82. The first-order valence-corrected chi connectivity index (χ1v) is 6.93. The predicted octanol–water partition coefficient (Wildman–Crippen LogP) is 3.33. The van der Waals surface area contributed by atoms with Crippen molar-refractivity contribution in [3.63, 3.8) is 0 Å². The van der Waals surface area contributed by atoms with Crippen molar-refractivity contribution in [2.24, 2.45) is 5.41 Å². The summed E-state index contributed by atoms with van der Waals surface area (Å²) in [5.41, 5.74) is 1.27. The molecule has 1 aromatic carbocycles. The minimum atomic E-state index is -0.487. The number of H-pyrrole nitrogens is 1. The molecule has 0 atom stereocenters. The molecule has 2 rings (SSSR count). The van der Waals surface area contributed by atoms with Gasteiger partial charge in [-0.3, -0.25) is 4.79 Å². The molecule has 0 saturated carbocycles. The molecule has 0 radical (unpaired) electrons. The lowest BCUT2D eigenvalue weighted by Crippen LogP contribution is -2.27. The maximum atomic E-state index is 12.1. The van der Waals surface area contributed by atoms with Crippen LogP contribution in [0.5, 0.6) is 0 Å². The molecule has 0 spiro atoms. The molecule has 0 unspecified atom stereocenters. The highest BCUT2D eigenvalue weighted by Gasteiger charge is 2.22. The molecule has 0 aliphatic heterocycles. The minimum absolute atomic E-state index is 0.0812. The number of nitrogens with one attached hydrogen (secondary N) is 2. The molecular formula is C16H20N2O3. The van der Waals surface area contributed by atoms with Crippen LogP contribution in [0.2, 0.25) is 0 Å². The van der Waals surface area contributed by atoms with Crippen molar-refractivity contribution in [2.45, 2.75) is 27.7 Å². The summed E-state index contributed by atoms with van der Waals surface area (Å²) in [5, 5.41) is 3.74. The van der Waals surface area contributed by atoms with Gasteiger partial charge in [0.1, 0.15) is 5.69 Å². The highest BCUT2D eigenvalue weighted by molar-refractivity contribution is 6.04. The number of hydrogen-bond donors (Lipinski definition) is 2. The maximum absolute atomic E-state index is 12.1. The highest BCUT2D eigenvalue weighted by Crippen LogP contribution is 2.26. The van der Waals surface area contributed by atoms with E-state index < -0.39 is 11.4 Å². The average Bonchev–Trinajstić information content (AvgIpc) is 2.83. The highest BCUT2D eigenvalue weighted by atomic mass is 16.5. The van der Waals surface area contributed by atoms with E-state index in [9.17, 15) is 9.59 Å². The summed E-state index contributed by atoms with van der Waals surface area (Å²) < 4.78 is 4.98. The van der Waals surface area contributed by atoms with Gasteiger partial charge in [0.05, 0.1) is 17.8 Å². The van der Waals surface area contributed by atoms with Crippen LogP contribution in [0.3, 0.4) is 0 Å². The number of aromatic nitrogens is 1. The summed E-state index contributed by atoms with van der Waals surface area (Å²) in [4.78, 5) is 26.9. The van der Waals surface area contributed by atoms with E-state index in [1.807, 2.05) is 32.9 Å². The van der Waals surface area contributed by atoms with Crippen LogP contribution in [-0.4, -0.2) is 23.5 Å². The first-order valence-electron chi connectivity index (χ1n) is 6.93. The normalized spacial score (nSPS) is 11.4. The second-order valence-corrected chi connectivity index (χ2v) is 5.88. The molecule has 0 aliphatic rings. The molecule has 2 N–H and O–H groups in total. The van der Waals surface area contributed by atoms with Crippen molar-refractivity contribution in [1.82, 2.24) is 4.98 Å². The Morgan fingerprint density at radius 3 is 2.62 bits per heavy atom. The average molecular weight is 288 g/mol. The largest absolute Gasteiger partial charge is 0.461 e. The van der Waals surface area contributed by atoms with Gasteiger partial charge in [0.15, 0.2) is 0 Å². The Kier molecular flexibility index (Phi) is 4.02. The number of rotatable bonds is 3. The first kappa shape index (κ1) is 15.1. The van der Waals surface area contributed by atoms with Crippen molar-refractivity contribution in [3.8, 4) is 0 Å². The number of ether oxygens (including phenoxy) is 1. The number of anilines is 1. The van der Waals surface area contributed by atoms with Crippen LogP contribution in [0.1, 0.15) is 38.2 Å². The molecule has 1 heterocycles. The van der Waals surface area contributed by atoms with Gasteiger partial charge in [-0.1, -0.05) is 32.9 Å². The monoisotopic (exact) mass is 288 g/mol. The van der Waals surface area contributed by atoms with Crippen molar-refractivity contribution < 1.29 is 14.3 Å². The third-order valence-corrected chi connectivity index (χ3v) is 3.08. The molecule has 0 bridgehead atoms. The van der Waals surface area contributed by atoms with Gasteiger partial charge in [-0.05, 0) is 19.1 Å². The van der Waals surface area contributed by atoms with Crippen LogP contribution in [-0.2, 0) is 9.53 Å². The van der Waals surface area contributed by atoms with Gasteiger partial charge >= 0.3 is 5.97 Å². The molecule has 0 aliphatic carbocycles. The molecule has 21 heavy (non-hydrogen) atoms. The van der Waals surface area contributed by atoms with Crippen molar-refractivity contribution in [3.05, 3.63) is 30.0 Å². The Bertz CT molecular complexity index is 680. The second-order valence-electron chi connectivity index (χ2n) is 5.88. The van der Waals surface area contributed by atoms with Crippen molar-refractivity contribution in [2.75, 3.05) is 11.9 Å². The molecule has 2 aromatic rings. The van der Waals surface area contributed by atoms with Crippen LogP contribution < -0.4 is 5.32 Å². The van der Waals surface area contributed by atoms with E-state index in [4.69, 9.17) is 4.74 Å². The van der Waals surface area contributed by atoms with Crippen molar-refractivity contribution >= 4 is 28.5 Å². The van der Waals surface area contributed by atoms with E-state index in [1.165, 1.54) is 0 Å². The Morgan fingerprint density at radius 2 is 2.00 bits per heavy atom. The zero-order chi connectivity index (χ0) is 15.6. The Hall–Kier alpha value is -2.30. The molecule has 5 heteroatoms. The molecule has 0 saturated heterocycles. The number of amides is 1. The summed E-state index contributed by atoms with van der Waals surface area (Å²) in [6, 6.07) is 7.24. The Balaban J connectivity index is 2.37. The third kappa shape index (κ3) is 3.24. The smallest absolute Gasteiger partial charge is 0.354 e. The summed E-state index contributed by atoms with van der Waals surface area (Å²) in [7, 11) is 0. The third-order valence-electron chi connectivity index (χ3n) is 3.08. The Labute approximate surface area is 123 Å². The molecule has 1 aromatic heterocycles. The van der Waals surface area contributed by atoms with Gasteiger partial charge in [-0.2, -0.15) is 0 Å². The number of benzene rings is 1. The predicted molar refractivity (Wildman–Crippen MR) is 82.3 cm³/mol. The zero-order valence-electron chi connectivity index (χ0n) is 12.7. The van der Waals surface area contributed by atoms with Crippen LogP contribution in [0, 0.1) is 5.41 Å². The lowest BCUT2D eigenvalue weighted by molar-refractivity contribution is -0.123. The maximum Gasteiger partial charge on any atom is 0.354 e. The summed E-state index contributed by atoms with van der Waals surface area (Å²) in [6.45, 7) is 7.63. The topological polar surface area (TPSA) is 71.2 Å². The van der Waals surface area contributed by atoms with E-state index in [2.05, 4.69) is 10.3 Å². The van der Waals surface area contributed by atoms with Crippen LogP contribution in [0.15, 0.2) is 24.3 Å². The number of para-hydroxylation sites is 1. The van der Waals surface area contributed by atoms with Gasteiger partial charge in [0.25, 0.3) is 0 Å². The Morgan fingerprint density at radius 1 is 1.29 bits per heavy atom. The SMILES string of the molecule is CCOC(=O)c1cc2cccc(NC(=O)C(C)(C)C)c2[nH]1. The number of carbonyl (C=O) groups is 2. The van der Waals surface area contributed by atoms with Gasteiger partial charge in [-0.15, -0.1) is 0 Å². The van der Waals surface area contributed by atoms with E-state index >= 15 is 0 Å². The van der Waals surface area contributed by atoms with E-state index in [0.29, 0.717) is 18.0 Å². The van der Waals surface area contributed by atoms with Gasteiger partial charge in [0, 0.05) is 10.8 Å². The van der Waals surface area contributed by atoms with E-state index in [1.54, 1.807) is 19.1 Å². The standard InChI is InChI=1S/C16H20N2O3/c1-5-21-14(19)12-9-10-7-6-8-11(13(10)17-12)18-15(20)16(2,3)4/h6-9,17H,5H2,1-4H3,(H,18,20). The van der Waals surface area contributed by atoms with Crippen molar-refractivity contribution in [1.29, 1.82) is 0 Å². The fraction of sp³-hybridized carbons (Fsp3) is 0.375. The molecular weight excluding hydrogens is 268 g/mol. The minimum Gasteiger partial charge on any atom is -0.461 e. The molecule has 0 fully saturated rings. The number of hydrogen-bond acceptors (Lipinski definition) is 3. The van der Waals surface area contributed by atoms with E-state index in [0.717, 1.165) is 10.9 Å². The van der Waals surface area contributed by atoms with Crippen LogP contribution in [0.4, 0.5) is 5.69 Å². The van der Waals surface area contributed by atoms with Gasteiger partial charge in [-0.25, -0.2) is 4.79 Å². The van der Waals surface area contributed by atoms with E-state index in [-0.39, 0.29) is 5.91 Å². The molecule has 1 amide bonds. The van der Waals surface area contributed by atoms with Crippen LogP contribution >= 0.6 is 0 Å². The molecule has 112 valence electrons. The summed E-state index contributed by atoms with van der Waals surface area (Å²) in [5.74, 6) is -0.482. The number of carbonyl (C=O) groups excluding carboxylic acids is 2. The fourth-order valence-corrected chi connectivity index (χ4v) is 1.89. The number of esters is 1.